The molecule has 1 fully saturated rings. The molecule has 1 unspecified atom stereocenters. The van der Waals surface area contributed by atoms with E-state index in [4.69, 9.17) is 0 Å². The van der Waals surface area contributed by atoms with Crippen molar-refractivity contribution in [3.63, 3.8) is 0 Å². The molecule has 3 atom stereocenters. The smallest absolute Gasteiger partial charge is 0.330 e. The lowest BCUT2D eigenvalue weighted by atomic mass is 9.73. The van der Waals surface area contributed by atoms with E-state index in [0.717, 1.165) is 57.8 Å². The van der Waals surface area contributed by atoms with E-state index in [1.807, 2.05) is 6.08 Å². The third-order valence-electron chi connectivity index (χ3n) is 6.02. The summed E-state index contributed by atoms with van der Waals surface area (Å²) in [4.78, 5) is 23.5. The first-order valence-corrected chi connectivity index (χ1v) is 10.4. The Bertz CT molecular complexity index is 457. The maximum atomic E-state index is 12.5. The predicted octanol–water partition coefficient (Wildman–Crippen LogP) is 4.98. The molecule has 0 aromatic carbocycles. The molecule has 0 radical (unpaired) electrons. The van der Waals surface area contributed by atoms with Gasteiger partial charge in [0.1, 0.15) is 5.78 Å². The molecular weight excluding hydrogens is 328 g/mol. The fraction of sp³-hybridized carbons (Fsp3) is 0.818. The number of allylic oxidation sites excluding steroid dienone is 1. The topological polar surface area (TPSA) is 63.6 Å². The molecule has 1 aliphatic rings. The molecule has 1 rings (SSSR count). The Hall–Kier alpha value is -1.16. The molecule has 0 heterocycles. The molecule has 0 spiro atoms. The summed E-state index contributed by atoms with van der Waals surface area (Å²) >= 11 is 0. The normalized spacial score (nSPS) is 24.3. The minimum absolute atomic E-state index is 0.218. The van der Waals surface area contributed by atoms with Crippen LogP contribution in [-0.2, 0) is 14.3 Å². The average Bonchev–Trinajstić information content (AvgIpc) is 2.91. The van der Waals surface area contributed by atoms with Crippen LogP contribution in [0.1, 0.15) is 90.9 Å². The highest BCUT2D eigenvalue weighted by molar-refractivity contribution is 5.86. The number of Topliss-reactive ketones (excluding diaryl/α,β-unsaturated/α-hetero) is 1. The van der Waals surface area contributed by atoms with Gasteiger partial charge in [0, 0.05) is 17.9 Å². The summed E-state index contributed by atoms with van der Waals surface area (Å²) in [5.74, 6) is 0.481. The van der Waals surface area contributed by atoms with Gasteiger partial charge in [-0.1, -0.05) is 45.6 Å². The van der Waals surface area contributed by atoms with E-state index < -0.39 is 0 Å². The average molecular weight is 367 g/mol. The monoisotopic (exact) mass is 366 g/mol. The Labute approximate surface area is 159 Å². The number of esters is 1. The van der Waals surface area contributed by atoms with Gasteiger partial charge < -0.3 is 9.84 Å². The van der Waals surface area contributed by atoms with Crippen LogP contribution in [0, 0.1) is 11.3 Å². The van der Waals surface area contributed by atoms with Crippen molar-refractivity contribution in [1.82, 2.24) is 0 Å². The summed E-state index contributed by atoms with van der Waals surface area (Å²) in [6, 6.07) is 0. The summed E-state index contributed by atoms with van der Waals surface area (Å²) < 4.78 is 4.57. The van der Waals surface area contributed by atoms with Crippen molar-refractivity contribution in [2.45, 2.75) is 97.0 Å². The number of ketones is 1. The van der Waals surface area contributed by atoms with Crippen LogP contribution in [0.25, 0.3) is 0 Å². The molecule has 1 aliphatic carbocycles. The van der Waals surface area contributed by atoms with Gasteiger partial charge in [-0.05, 0) is 50.9 Å². The van der Waals surface area contributed by atoms with Crippen LogP contribution < -0.4 is 0 Å². The molecular formula is C22H38O4. The van der Waals surface area contributed by atoms with E-state index in [-0.39, 0.29) is 17.5 Å². The summed E-state index contributed by atoms with van der Waals surface area (Å²) in [6.45, 7) is 4.30. The maximum Gasteiger partial charge on any atom is 0.330 e. The lowest BCUT2D eigenvalue weighted by Crippen LogP contribution is -2.29. The minimum atomic E-state index is -0.319. The molecule has 0 aromatic heterocycles. The van der Waals surface area contributed by atoms with Gasteiger partial charge in [-0.2, -0.15) is 0 Å². The molecule has 0 bridgehead atoms. The van der Waals surface area contributed by atoms with Gasteiger partial charge in [0.05, 0.1) is 13.2 Å². The lowest BCUT2D eigenvalue weighted by molar-refractivity contribution is -0.134. The Morgan fingerprint density at radius 3 is 2.77 bits per heavy atom. The highest BCUT2D eigenvalue weighted by Crippen LogP contribution is 2.46. The number of hydrogen-bond acceptors (Lipinski definition) is 4. The van der Waals surface area contributed by atoms with Crippen LogP contribution in [0.5, 0.6) is 0 Å². The van der Waals surface area contributed by atoms with Crippen molar-refractivity contribution in [3.8, 4) is 0 Å². The largest absolute Gasteiger partial charge is 0.466 e. The predicted molar refractivity (Wildman–Crippen MR) is 105 cm³/mol. The van der Waals surface area contributed by atoms with Gasteiger partial charge in [-0.3, -0.25) is 4.79 Å². The molecule has 1 saturated carbocycles. The molecule has 4 heteroatoms. The third kappa shape index (κ3) is 7.61. The fourth-order valence-corrected chi connectivity index (χ4v) is 4.11. The Morgan fingerprint density at radius 1 is 1.31 bits per heavy atom. The van der Waals surface area contributed by atoms with Gasteiger partial charge in [0.15, 0.2) is 0 Å². The number of ether oxygens (including phenoxy) is 1. The summed E-state index contributed by atoms with van der Waals surface area (Å²) in [5.41, 5.74) is -0.227. The van der Waals surface area contributed by atoms with Gasteiger partial charge in [-0.15, -0.1) is 0 Å². The number of aliphatic hydroxyl groups is 1. The van der Waals surface area contributed by atoms with Crippen LogP contribution in [-0.4, -0.2) is 30.1 Å². The molecule has 0 saturated heterocycles. The van der Waals surface area contributed by atoms with Crippen LogP contribution in [0.3, 0.4) is 0 Å². The highest BCUT2D eigenvalue weighted by atomic mass is 16.5. The van der Waals surface area contributed by atoms with Gasteiger partial charge in [-0.25, -0.2) is 4.79 Å². The first-order chi connectivity index (χ1) is 12.4. The van der Waals surface area contributed by atoms with Crippen molar-refractivity contribution in [1.29, 1.82) is 0 Å². The number of unbranched alkanes of at least 4 members (excludes halogenated alkanes) is 4. The van der Waals surface area contributed by atoms with Gasteiger partial charge >= 0.3 is 5.97 Å². The fourth-order valence-electron chi connectivity index (χ4n) is 4.11. The molecule has 0 aromatic rings. The van der Waals surface area contributed by atoms with Crippen molar-refractivity contribution in [3.05, 3.63) is 12.2 Å². The molecule has 150 valence electrons. The Morgan fingerprint density at radius 2 is 2.08 bits per heavy atom. The molecule has 0 amide bonds. The molecule has 0 aliphatic heterocycles. The van der Waals surface area contributed by atoms with E-state index in [9.17, 15) is 14.7 Å². The first-order valence-electron chi connectivity index (χ1n) is 10.4. The standard InChI is InChI=1S/C22H38O4/c1-4-5-8-11-19(23)15-13-18-14-16-20(24)22(18,2)17-10-7-6-9-12-21(25)26-3/h9,12,18-19,23H,4-8,10-11,13-17H2,1-3H3/t18-,19?,22+/m0/s1. The number of carbonyl (C=O) groups excluding carboxylic acids is 2. The van der Waals surface area contributed by atoms with E-state index in [2.05, 4.69) is 18.6 Å². The first kappa shape index (κ1) is 22.9. The van der Waals surface area contributed by atoms with E-state index in [1.165, 1.54) is 26.0 Å². The summed E-state index contributed by atoms with van der Waals surface area (Å²) in [6.07, 6.45) is 14.6. The second-order valence-electron chi connectivity index (χ2n) is 7.97. The van der Waals surface area contributed by atoms with Gasteiger partial charge in [0.25, 0.3) is 0 Å². The number of carbonyl (C=O) groups is 2. The number of hydrogen-bond donors (Lipinski definition) is 1. The second-order valence-corrected chi connectivity index (χ2v) is 7.97. The van der Waals surface area contributed by atoms with E-state index in [1.54, 1.807) is 0 Å². The zero-order chi connectivity index (χ0) is 19.4. The van der Waals surface area contributed by atoms with Crippen molar-refractivity contribution < 1.29 is 19.4 Å². The van der Waals surface area contributed by atoms with Crippen molar-refractivity contribution in [2.24, 2.45) is 11.3 Å². The summed E-state index contributed by atoms with van der Waals surface area (Å²) in [7, 11) is 1.38. The third-order valence-corrected chi connectivity index (χ3v) is 6.02. The van der Waals surface area contributed by atoms with Gasteiger partial charge in [0.2, 0.25) is 0 Å². The molecule has 1 N–H and O–H groups in total. The van der Waals surface area contributed by atoms with Crippen LogP contribution in [0.2, 0.25) is 0 Å². The van der Waals surface area contributed by atoms with Crippen molar-refractivity contribution >= 4 is 11.8 Å². The Balaban J connectivity index is 2.36. The van der Waals surface area contributed by atoms with Crippen molar-refractivity contribution in [2.75, 3.05) is 7.11 Å². The molecule has 26 heavy (non-hydrogen) atoms. The van der Waals surface area contributed by atoms with E-state index >= 15 is 0 Å². The quantitative estimate of drug-likeness (QED) is 0.283. The van der Waals surface area contributed by atoms with Crippen LogP contribution >= 0.6 is 0 Å². The zero-order valence-corrected chi connectivity index (χ0v) is 17.0. The number of aliphatic hydroxyl groups excluding tert-OH is 1. The van der Waals surface area contributed by atoms with Crippen LogP contribution in [0.15, 0.2) is 12.2 Å². The number of rotatable bonds is 13. The molecule has 4 nitrogen and oxygen atoms in total. The maximum absolute atomic E-state index is 12.5. The lowest BCUT2D eigenvalue weighted by Gasteiger charge is -2.31. The highest BCUT2D eigenvalue weighted by Gasteiger charge is 2.44. The SMILES string of the molecule is CCCCCC(O)CC[C@H]1CCC(=O)[C@]1(C)CCCCC=CC(=O)OC. The summed E-state index contributed by atoms with van der Waals surface area (Å²) in [5, 5.41) is 10.2. The second kappa shape index (κ2) is 12.3. The van der Waals surface area contributed by atoms with Crippen LogP contribution in [0.4, 0.5) is 0 Å². The number of methoxy groups -OCH3 is 1. The zero-order valence-electron chi connectivity index (χ0n) is 17.0. The minimum Gasteiger partial charge on any atom is -0.466 e. The Kier molecular flexibility index (Phi) is 10.8. The van der Waals surface area contributed by atoms with E-state index in [0.29, 0.717) is 18.1 Å².